The van der Waals surface area contributed by atoms with Gasteiger partial charge in [-0.1, -0.05) is 0 Å². The predicted octanol–water partition coefficient (Wildman–Crippen LogP) is 1.41. The average Bonchev–Trinajstić information content (AvgIpc) is 2.57. The molecule has 24 heavy (non-hydrogen) atoms. The van der Waals surface area contributed by atoms with Gasteiger partial charge in [-0.25, -0.2) is 0 Å². The lowest BCUT2D eigenvalue weighted by molar-refractivity contribution is -0.384. The first-order valence-corrected chi connectivity index (χ1v) is 6.82. The van der Waals surface area contributed by atoms with E-state index >= 15 is 0 Å². The highest BCUT2D eigenvalue weighted by molar-refractivity contribution is 5.93. The second-order valence-corrected chi connectivity index (χ2v) is 4.70. The minimum atomic E-state index is -0.629. The van der Waals surface area contributed by atoms with Crippen LogP contribution in [0.2, 0.25) is 0 Å². The molecule has 1 N–H and O–H groups in total. The Bertz CT molecular complexity index is 830. The summed E-state index contributed by atoms with van der Waals surface area (Å²) in [7, 11) is 2.73. The minimum Gasteiger partial charge on any atom is -0.496 e. The van der Waals surface area contributed by atoms with E-state index in [0.717, 1.165) is 4.57 Å². The maximum absolute atomic E-state index is 12.1. The summed E-state index contributed by atoms with van der Waals surface area (Å²) in [5.41, 5.74) is -0.762. The molecule has 2 rings (SSSR count). The molecule has 0 unspecified atom stereocenters. The number of amides is 1. The zero-order valence-electron chi connectivity index (χ0n) is 13.0. The zero-order chi connectivity index (χ0) is 17.7. The number of carbonyl (C=O) groups is 1. The molecule has 1 heterocycles. The second-order valence-electron chi connectivity index (χ2n) is 4.70. The number of aromatic nitrogens is 1. The summed E-state index contributed by atoms with van der Waals surface area (Å²) >= 11 is 0. The molecule has 2 aromatic rings. The highest BCUT2D eigenvalue weighted by atomic mass is 16.6. The Morgan fingerprint density at radius 1 is 1.29 bits per heavy atom. The quantitative estimate of drug-likeness (QED) is 0.632. The second kappa shape index (κ2) is 7.27. The first-order valence-electron chi connectivity index (χ1n) is 6.82. The van der Waals surface area contributed by atoms with Crippen LogP contribution in [0.4, 0.5) is 11.4 Å². The molecule has 0 radical (unpaired) electrons. The van der Waals surface area contributed by atoms with Crippen molar-refractivity contribution in [1.29, 1.82) is 0 Å². The lowest BCUT2D eigenvalue weighted by Crippen LogP contribution is -2.27. The number of nitro benzene ring substituents is 1. The van der Waals surface area contributed by atoms with Crippen molar-refractivity contribution in [3.05, 3.63) is 57.0 Å². The fraction of sp³-hybridized carbons (Fsp3) is 0.200. The zero-order valence-corrected chi connectivity index (χ0v) is 13.0. The van der Waals surface area contributed by atoms with Crippen molar-refractivity contribution < 1.29 is 19.2 Å². The van der Waals surface area contributed by atoms with Gasteiger partial charge in [0, 0.05) is 6.20 Å². The summed E-state index contributed by atoms with van der Waals surface area (Å²) in [5, 5.41) is 13.5. The monoisotopic (exact) mass is 333 g/mol. The van der Waals surface area contributed by atoms with Crippen LogP contribution in [0.15, 0.2) is 41.3 Å². The molecular weight excluding hydrogens is 318 g/mol. The first-order chi connectivity index (χ1) is 11.5. The van der Waals surface area contributed by atoms with E-state index in [1.54, 1.807) is 6.07 Å². The molecule has 0 saturated heterocycles. The third-order valence-corrected chi connectivity index (χ3v) is 3.19. The topological polar surface area (TPSA) is 113 Å². The highest BCUT2D eigenvalue weighted by Gasteiger charge is 2.17. The van der Waals surface area contributed by atoms with Crippen molar-refractivity contribution in [2.24, 2.45) is 0 Å². The number of ether oxygens (including phenoxy) is 2. The van der Waals surface area contributed by atoms with Gasteiger partial charge in [-0.05, 0) is 24.3 Å². The van der Waals surface area contributed by atoms with E-state index < -0.39 is 16.4 Å². The molecule has 126 valence electrons. The van der Waals surface area contributed by atoms with Crippen molar-refractivity contribution in [2.45, 2.75) is 6.54 Å². The third kappa shape index (κ3) is 3.69. The van der Waals surface area contributed by atoms with E-state index in [9.17, 15) is 19.7 Å². The number of hydrogen-bond donors (Lipinski definition) is 1. The van der Waals surface area contributed by atoms with Gasteiger partial charge in [0.15, 0.2) is 5.75 Å². The maximum atomic E-state index is 12.1. The van der Waals surface area contributed by atoms with Crippen molar-refractivity contribution in [1.82, 2.24) is 4.57 Å². The molecule has 0 saturated carbocycles. The summed E-state index contributed by atoms with van der Waals surface area (Å²) in [5.74, 6) is -0.192. The molecule has 0 fully saturated rings. The van der Waals surface area contributed by atoms with Crippen molar-refractivity contribution in [3.8, 4) is 11.5 Å². The SMILES string of the molecule is COc1ccc(NC(=O)Cn2cccc(OC)c2=O)c([N+](=O)[O-])c1. The highest BCUT2D eigenvalue weighted by Crippen LogP contribution is 2.28. The standard InChI is InChI=1S/C15H15N3O6/c1-23-10-5-6-11(12(8-10)18(21)22)16-14(19)9-17-7-3-4-13(24-2)15(17)20/h3-8H,9H2,1-2H3,(H,16,19). The number of nitrogens with zero attached hydrogens (tertiary/aromatic N) is 2. The van der Waals surface area contributed by atoms with E-state index in [0.29, 0.717) is 5.75 Å². The molecule has 0 spiro atoms. The molecule has 0 aliphatic carbocycles. The number of nitro groups is 1. The van der Waals surface area contributed by atoms with Gasteiger partial charge in [-0.15, -0.1) is 0 Å². The summed E-state index contributed by atoms with van der Waals surface area (Å²) in [6.07, 6.45) is 1.42. The average molecular weight is 333 g/mol. The number of methoxy groups -OCH3 is 2. The Labute approximate surface area is 136 Å². The van der Waals surface area contributed by atoms with E-state index in [-0.39, 0.29) is 23.7 Å². The normalized spacial score (nSPS) is 10.1. The number of rotatable bonds is 6. The van der Waals surface area contributed by atoms with Gasteiger partial charge in [0.2, 0.25) is 5.91 Å². The van der Waals surface area contributed by atoms with Gasteiger partial charge < -0.3 is 19.4 Å². The van der Waals surface area contributed by atoms with Gasteiger partial charge in [-0.2, -0.15) is 0 Å². The first kappa shape index (κ1) is 17.0. The van der Waals surface area contributed by atoms with Gasteiger partial charge in [0.25, 0.3) is 11.2 Å². The molecule has 0 bridgehead atoms. The Morgan fingerprint density at radius 3 is 2.67 bits per heavy atom. The molecular formula is C15H15N3O6. The van der Waals surface area contributed by atoms with E-state index in [2.05, 4.69) is 5.32 Å². The molecule has 0 aliphatic heterocycles. The molecule has 1 aromatic carbocycles. The number of hydrogen-bond acceptors (Lipinski definition) is 6. The summed E-state index contributed by atoms with van der Waals surface area (Å²) in [6, 6.07) is 7.09. The maximum Gasteiger partial charge on any atom is 0.296 e. The Kier molecular flexibility index (Phi) is 5.15. The largest absolute Gasteiger partial charge is 0.496 e. The van der Waals surface area contributed by atoms with Crippen LogP contribution >= 0.6 is 0 Å². The molecule has 9 nitrogen and oxygen atoms in total. The van der Waals surface area contributed by atoms with Crippen molar-refractivity contribution in [3.63, 3.8) is 0 Å². The number of carbonyl (C=O) groups excluding carboxylic acids is 1. The fourth-order valence-corrected chi connectivity index (χ4v) is 2.03. The van der Waals surface area contributed by atoms with Gasteiger partial charge >= 0.3 is 0 Å². The van der Waals surface area contributed by atoms with Crippen LogP contribution in [0.25, 0.3) is 0 Å². The number of pyridine rings is 1. The summed E-state index contributed by atoms with van der Waals surface area (Å²) in [4.78, 5) is 34.5. The van der Waals surface area contributed by atoms with E-state index in [1.165, 1.54) is 44.7 Å². The number of nitrogens with one attached hydrogen (secondary N) is 1. The summed E-state index contributed by atoms with van der Waals surface area (Å²) < 4.78 is 11.0. The Hall–Kier alpha value is -3.36. The predicted molar refractivity (Wildman–Crippen MR) is 85.5 cm³/mol. The number of anilines is 1. The lowest BCUT2D eigenvalue weighted by Gasteiger charge is -2.09. The third-order valence-electron chi connectivity index (χ3n) is 3.19. The Morgan fingerprint density at radius 2 is 2.04 bits per heavy atom. The van der Waals surface area contributed by atoms with Crippen molar-refractivity contribution >= 4 is 17.3 Å². The molecule has 1 aromatic heterocycles. The van der Waals surface area contributed by atoms with Crippen LogP contribution in [0, 0.1) is 10.1 Å². The van der Waals surface area contributed by atoms with Crippen LogP contribution < -0.4 is 20.3 Å². The van der Waals surface area contributed by atoms with Gasteiger partial charge in [0.1, 0.15) is 18.0 Å². The lowest BCUT2D eigenvalue weighted by atomic mass is 10.2. The van der Waals surface area contributed by atoms with E-state index in [1.807, 2.05) is 0 Å². The van der Waals surface area contributed by atoms with Crippen LogP contribution in [0.5, 0.6) is 11.5 Å². The number of benzene rings is 1. The minimum absolute atomic E-state index is 0.0155. The van der Waals surface area contributed by atoms with E-state index in [4.69, 9.17) is 9.47 Å². The molecule has 9 heteroatoms. The fourth-order valence-electron chi connectivity index (χ4n) is 2.03. The summed E-state index contributed by atoms with van der Waals surface area (Å²) in [6.45, 7) is -0.306. The van der Waals surface area contributed by atoms with Crippen molar-refractivity contribution in [2.75, 3.05) is 19.5 Å². The molecule has 0 atom stereocenters. The Balaban J connectivity index is 2.22. The van der Waals surface area contributed by atoms with Crippen LogP contribution in [-0.4, -0.2) is 29.6 Å². The van der Waals surface area contributed by atoms with Gasteiger partial charge in [-0.3, -0.25) is 19.7 Å². The van der Waals surface area contributed by atoms with Gasteiger partial charge in [0.05, 0.1) is 25.2 Å². The van der Waals surface area contributed by atoms with Crippen LogP contribution in [0.1, 0.15) is 0 Å². The molecule has 1 amide bonds. The van der Waals surface area contributed by atoms with Crippen LogP contribution in [0.3, 0.4) is 0 Å². The molecule has 0 aliphatic rings. The van der Waals surface area contributed by atoms with Crippen LogP contribution in [-0.2, 0) is 11.3 Å². The smallest absolute Gasteiger partial charge is 0.296 e.